The van der Waals surface area contributed by atoms with Crippen LogP contribution in [0.15, 0.2) is 16.7 Å². The van der Waals surface area contributed by atoms with Crippen LogP contribution in [0.5, 0.6) is 0 Å². The molecule has 0 saturated carbocycles. The molecule has 1 fully saturated rings. The number of hydrogen-bond donors (Lipinski definition) is 1. The highest BCUT2D eigenvalue weighted by molar-refractivity contribution is 9.10. The van der Waals surface area contributed by atoms with E-state index in [1.807, 2.05) is 21.7 Å². The Bertz CT molecular complexity index is 473. The minimum atomic E-state index is 0. The Balaban J connectivity index is 0.00000220. The summed E-state index contributed by atoms with van der Waals surface area (Å²) in [5.74, 6) is 0.141. The van der Waals surface area contributed by atoms with E-state index in [0.717, 1.165) is 36.0 Å². The molecule has 21 heavy (non-hydrogen) atoms. The molecule has 1 saturated heterocycles. The number of carbonyl (C=O) groups excluding carboxylic acids is 1. The molecule has 0 aliphatic carbocycles. The normalized spacial score (nSPS) is 18.7. The van der Waals surface area contributed by atoms with Crippen molar-refractivity contribution in [3.63, 3.8) is 0 Å². The van der Waals surface area contributed by atoms with E-state index >= 15 is 0 Å². The largest absolute Gasteiger partial charge is 0.340 e. The third-order valence-corrected chi connectivity index (χ3v) is 4.41. The molecule has 120 valence electrons. The summed E-state index contributed by atoms with van der Waals surface area (Å²) in [7, 11) is 0. The predicted octanol–water partition coefficient (Wildman–Crippen LogP) is 3.60. The van der Waals surface area contributed by atoms with Crippen molar-refractivity contribution < 1.29 is 4.79 Å². The minimum Gasteiger partial charge on any atom is -0.340 e. The van der Waals surface area contributed by atoms with Crippen LogP contribution < -0.4 is 5.73 Å². The van der Waals surface area contributed by atoms with E-state index < -0.39 is 0 Å². The smallest absolute Gasteiger partial charge is 0.270 e. The number of carbonyl (C=O) groups is 1. The van der Waals surface area contributed by atoms with E-state index in [-0.39, 0.29) is 24.4 Å². The molecule has 1 aromatic heterocycles. The number of amides is 1. The fourth-order valence-electron chi connectivity index (χ4n) is 2.95. The van der Waals surface area contributed by atoms with Gasteiger partial charge in [0.05, 0.1) is 0 Å². The van der Waals surface area contributed by atoms with Gasteiger partial charge in [0, 0.05) is 29.3 Å². The highest BCUT2D eigenvalue weighted by Crippen LogP contribution is 2.25. The van der Waals surface area contributed by atoms with Crippen LogP contribution in [-0.4, -0.2) is 34.5 Å². The van der Waals surface area contributed by atoms with Crippen molar-refractivity contribution in [3.05, 3.63) is 22.4 Å². The van der Waals surface area contributed by atoms with Crippen molar-refractivity contribution in [2.75, 3.05) is 13.1 Å². The van der Waals surface area contributed by atoms with Gasteiger partial charge in [-0.15, -0.1) is 12.4 Å². The van der Waals surface area contributed by atoms with Crippen molar-refractivity contribution >= 4 is 34.2 Å². The number of halogens is 2. The van der Waals surface area contributed by atoms with Crippen molar-refractivity contribution in [1.29, 1.82) is 0 Å². The number of nitrogens with two attached hydrogens (primary N) is 1. The standard InChI is InChI=1S/C15H24BrN3O.ClH/c1-11(2)19-10-12(16)9-14(19)15(20)18-8-4-3-5-13(18)6-7-17;/h9-11,13H,3-8,17H2,1-2H3;1H. The molecule has 1 aromatic rings. The summed E-state index contributed by atoms with van der Waals surface area (Å²) in [6.07, 6.45) is 6.25. The van der Waals surface area contributed by atoms with Gasteiger partial charge < -0.3 is 15.2 Å². The zero-order valence-electron chi connectivity index (χ0n) is 12.7. The van der Waals surface area contributed by atoms with Gasteiger partial charge in [0.1, 0.15) is 5.69 Å². The second kappa shape index (κ2) is 8.20. The third-order valence-electron chi connectivity index (χ3n) is 3.98. The Labute approximate surface area is 141 Å². The van der Waals surface area contributed by atoms with E-state index in [4.69, 9.17) is 5.73 Å². The van der Waals surface area contributed by atoms with E-state index in [1.165, 1.54) is 6.42 Å². The SMILES string of the molecule is CC(C)n1cc(Br)cc1C(=O)N1CCCCC1CCN.Cl. The Kier molecular flexibility index (Phi) is 7.24. The monoisotopic (exact) mass is 377 g/mol. The van der Waals surface area contributed by atoms with Crippen molar-refractivity contribution in [2.45, 2.75) is 51.6 Å². The zero-order valence-corrected chi connectivity index (χ0v) is 15.1. The maximum atomic E-state index is 12.9. The number of piperidine rings is 1. The molecular weight excluding hydrogens is 354 g/mol. The van der Waals surface area contributed by atoms with Gasteiger partial charge in [-0.2, -0.15) is 0 Å². The van der Waals surface area contributed by atoms with Crippen LogP contribution in [0.2, 0.25) is 0 Å². The lowest BCUT2D eigenvalue weighted by Crippen LogP contribution is -2.45. The molecule has 0 radical (unpaired) electrons. The molecule has 0 bridgehead atoms. The maximum Gasteiger partial charge on any atom is 0.270 e. The highest BCUT2D eigenvalue weighted by Gasteiger charge is 2.29. The summed E-state index contributed by atoms with van der Waals surface area (Å²) < 4.78 is 3.00. The average molecular weight is 379 g/mol. The van der Waals surface area contributed by atoms with E-state index in [1.54, 1.807) is 0 Å². The first kappa shape index (κ1) is 18.5. The second-order valence-corrected chi connectivity index (χ2v) is 6.69. The Morgan fingerprint density at radius 2 is 2.19 bits per heavy atom. The van der Waals surface area contributed by atoms with Crippen molar-refractivity contribution in [3.8, 4) is 0 Å². The summed E-state index contributed by atoms with van der Waals surface area (Å²) in [6.45, 7) is 5.68. The van der Waals surface area contributed by atoms with Gasteiger partial charge >= 0.3 is 0 Å². The molecule has 6 heteroatoms. The molecule has 2 heterocycles. The van der Waals surface area contributed by atoms with Gasteiger partial charge in [-0.1, -0.05) is 0 Å². The molecule has 1 unspecified atom stereocenters. The van der Waals surface area contributed by atoms with Crippen LogP contribution in [0, 0.1) is 0 Å². The topological polar surface area (TPSA) is 51.3 Å². The quantitative estimate of drug-likeness (QED) is 0.870. The summed E-state index contributed by atoms with van der Waals surface area (Å²) in [4.78, 5) is 14.9. The van der Waals surface area contributed by atoms with Crippen molar-refractivity contribution in [1.82, 2.24) is 9.47 Å². The van der Waals surface area contributed by atoms with Crippen LogP contribution in [0.3, 0.4) is 0 Å². The highest BCUT2D eigenvalue weighted by atomic mass is 79.9. The fourth-order valence-corrected chi connectivity index (χ4v) is 3.39. The Hall–Kier alpha value is -0.520. The van der Waals surface area contributed by atoms with Crippen LogP contribution >= 0.6 is 28.3 Å². The van der Waals surface area contributed by atoms with Crippen LogP contribution in [0.4, 0.5) is 0 Å². The Morgan fingerprint density at radius 3 is 2.81 bits per heavy atom. The van der Waals surface area contributed by atoms with Gasteiger partial charge in [0.15, 0.2) is 0 Å². The first-order valence-corrected chi connectivity index (χ1v) is 8.22. The molecule has 1 amide bonds. The molecule has 0 aromatic carbocycles. The lowest BCUT2D eigenvalue weighted by Gasteiger charge is -2.36. The van der Waals surface area contributed by atoms with Crippen LogP contribution in [0.1, 0.15) is 56.1 Å². The van der Waals surface area contributed by atoms with E-state index in [9.17, 15) is 4.79 Å². The minimum absolute atomic E-state index is 0. The van der Waals surface area contributed by atoms with Gasteiger partial charge in [-0.3, -0.25) is 4.79 Å². The number of likely N-dealkylation sites (tertiary alicyclic amines) is 1. The third kappa shape index (κ3) is 4.24. The lowest BCUT2D eigenvalue weighted by molar-refractivity contribution is 0.0592. The predicted molar refractivity (Wildman–Crippen MR) is 92.1 cm³/mol. The molecule has 1 aliphatic rings. The van der Waals surface area contributed by atoms with Gasteiger partial charge in [0.25, 0.3) is 5.91 Å². The number of rotatable bonds is 4. The van der Waals surface area contributed by atoms with E-state index in [0.29, 0.717) is 12.6 Å². The maximum absolute atomic E-state index is 12.9. The average Bonchev–Trinajstić information content (AvgIpc) is 2.81. The van der Waals surface area contributed by atoms with Crippen LogP contribution in [-0.2, 0) is 0 Å². The molecule has 1 atom stereocenters. The Morgan fingerprint density at radius 1 is 1.48 bits per heavy atom. The molecule has 2 N–H and O–H groups in total. The summed E-state index contributed by atoms with van der Waals surface area (Å²) in [6, 6.07) is 2.50. The van der Waals surface area contributed by atoms with Gasteiger partial charge in [0.2, 0.25) is 0 Å². The summed E-state index contributed by atoms with van der Waals surface area (Å²) in [5.41, 5.74) is 6.47. The number of aromatic nitrogens is 1. The van der Waals surface area contributed by atoms with Gasteiger partial charge in [-0.05, 0) is 68.1 Å². The van der Waals surface area contributed by atoms with Gasteiger partial charge in [-0.25, -0.2) is 0 Å². The van der Waals surface area contributed by atoms with E-state index in [2.05, 4.69) is 29.8 Å². The lowest BCUT2D eigenvalue weighted by atomic mass is 9.99. The zero-order chi connectivity index (χ0) is 14.7. The van der Waals surface area contributed by atoms with Crippen molar-refractivity contribution in [2.24, 2.45) is 5.73 Å². The second-order valence-electron chi connectivity index (χ2n) is 5.77. The summed E-state index contributed by atoms with van der Waals surface area (Å²) in [5, 5.41) is 0. The molecular formula is C15H25BrClN3O. The molecule has 4 nitrogen and oxygen atoms in total. The molecule has 2 rings (SSSR count). The molecule has 0 spiro atoms. The number of hydrogen-bond acceptors (Lipinski definition) is 2. The van der Waals surface area contributed by atoms with Crippen LogP contribution in [0.25, 0.3) is 0 Å². The fraction of sp³-hybridized carbons (Fsp3) is 0.667. The number of nitrogens with zero attached hydrogens (tertiary/aromatic N) is 2. The molecule has 1 aliphatic heterocycles. The first-order chi connectivity index (χ1) is 9.54. The first-order valence-electron chi connectivity index (χ1n) is 7.43. The summed E-state index contributed by atoms with van der Waals surface area (Å²) >= 11 is 3.48.